The number of ether oxygens (including phenoxy) is 3. The number of para-hydroxylation sites is 1. The van der Waals surface area contributed by atoms with Gasteiger partial charge in [0.1, 0.15) is 11.3 Å². The molecule has 0 N–H and O–H groups in total. The van der Waals surface area contributed by atoms with E-state index in [2.05, 4.69) is 11.1 Å². The number of nitrogens with zero attached hydrogens (tertiary/aromatic N) is 2. The van der Waals surface area contributed by atoms with E-state index >= 15 is 0 Å². The number of benzene rings is 1. The standard InChI is InChI=1S/C21H24N2O4S/c1-20(2,3)27-19(24)23-10-8-14(9-11-23)15-6-5-7-16-18(15)26-21(4,25-16)17-12-28-13-22-17/h5-8,12-13H,9-11H2,1-4H3. The summed E-state index contributed by atoms with van der Waals surface area (Å²) in [4.78, 5) is 18.4. The van der Waals surface area contributed by atoms with Crippen LogP contribution in [-0.4, -0.2) is 34.7 Å². The summed E-state index contributed by atoms with van der Waals surface area (Å²) >= 11 is 1.51. The molecule has 0 radical (unpaired) electrons. The van der Waals surface area contributed by atoms with Crippen LogP contribution in [0.5, 0.6) is 11.5 Å². The summed E-state index contributed by atoms with van der Waals surface area (Å²) < 4.78 is 17.8. The topological polar surface area (TPSA) is 60.9 Å². The number of carbonyl (C=O) groups is 1. The average Bonchev–Trinajstić information content (AvgIpc) is 3.28. The minimum Gasteiger partial charge on any atom is -0.444 e. The SMILES string of the molecule is CC(C)(C)OC(=O)N1CC=C(c2cccc3c2OC(C)(c2cscn2)O3)CC1. The Morgan fingerprint density at radius 2 is 2.14 bits per heavy atom. The lowest BCUT2D eigenvalue weighted by atomic mass is 9.98. The molecule has 0 aliphatic carbocycles. The first-order valence-corrected chi connectivity index (χ1v) is 10.3. The summed E-state index contributed by atoms with van der Waals surface area (Å²) in [5, 5.41) is 1.93. The summed E-state index contributed by atoms with van der Waals surface area (Å²) in [5.74, 6) is 0.523. The van der Waals surface area contributed by atoms with E-state index in [0.717, 1.165) is 29.0 Å². The normalized spacial score (nSPS) is 21.4. The van der Waals surface area contributed by atoms with Crippen LogP contribution < -0.4 is 9.47 Å². The third-order valence-corrected chi connectivity index (χ3v) is 5.27. The van der Waals surface area contributed by atoms with Gasteiger partial charge in [0.25, 0.3) is 5.79 Å². The molecule has 0 spiro atoms. The van der Waals surface area contributed by atoms with Crippen LogP contribution in [0.2, 0.25) is 0 Å². The molecular weight excluding hydrogens is 376 g/mol. The predicted molar refractivity (Wildman–Crippen MR) is 108 cm³/mol. The fourth-order valence-corrected chi connectivity index (χ4v) is 3.97. The Bertz CT molecular complexity index is 917. The van der Waals surface area contributed by atoms with E-state index in [1.165, 1.54) is 11.3 Å². The van der Waals surface area contributed by atoms with Crippen molar-refractivity contribution in [1.29, 1.82) is 0 Å². The van der Waals surface area contributed by atoms with E-state index < -0.39 is 11.4 Å². The molecule has 1 aromatic heterocycles. The number of aromatic nitrogens is 1. The van der Waals surface area contributed by atoms with Gasteiger partial charge in [-0.05, 0) is 38.8 Å². The van der Waals surface area contributed by atoms with Crippen molar-refractivity contribution in [3.8, 4) is 11.5 Å². The summed E-state index contributed by atoms with van der Waals surface area (Å²) in [5.41, 5.74) is 4.18. The molecule has 1 unspecified atom stereocenters. The first-order valence-electron chi connectivity index (χ1n) is 9.32. The zero-order valence-electron chi connectivity index (χ0n) is 16.5. The summed E-state index contributed by atoms with van der Waals surface area (Å²) in [6.45, 7) is 8.62. The van der Waals surface area contributed by atoms with Gasteiger partial charge in [-0.25, -0.2) is 9.78 Å². The minimum atomic E-state index is -0.920. The Morgan fingerprint density at radius 1 is 1.32 bits per heavy atom. The van der Waals surface area contributed by atoms with E-state index in [-0.39, 0.29) is 6.09 Å². The number of rotatable bonds is 2. The quantitative estimate of drug-likeness (QED) is 0.724. The highest BCUT2D eigenvalue weighted by Gasteiger charge is 2.42. The second-order valence-corrected chi connectivity index (χ2v) is 8.78. The number of hydrogen-bond donors (Lipinski definition) is 0. The number of amides is 1. The molecule has 7 heteroatoms. The Morgan fingerprint density at radius 3 is 2.79 bits per heavy atom. The monoisotopic (exact) mass is 400 g/mol. The van der Waals surface area contributed by atoms with Gasteiger partial charge in [-0.1, -0.05) is 18.2 Å². The van der Waals surface area contributed by atoms with Gasteiger partial charge in [-0.15, -0.1) is 11.3 Å². The van der Waals surface area contributed by atoms with Gasteiger partial charge in [0.2, 0.25) is 0 Å². The van der Waals surface area contributed by atoms with Crippen LogP contribution in [0, 0.1) is 0 Å². The van der Waals surface area contributed by atoms with E-state index in [1.54, 1.807) is 10.4 Å². The zero-order valence-corrected chi connectivity index (χ0v) is 17.3. The molecule has 0 saturated carbocycles. The van der Waals surface area contributed by atoms with Crippen molar-refractivity contribution >= 4 is 23.0 Å². The molecule has 0 saturated heterocycles. The van der Waals surface area contributed by atoms with Crippen molar-refractivity contribution in [2.45, 2.75) is 45.5 Å². The third-order valence-electron chi connectivity index (χ3n) is 4.68. The molecule has 0 fully saturated rings. The lowest BCUT2D eigenvalue weighted by molar-refractivity contribution is -0.0713. The van der Waals surface area contributed by atoms with Crippen LogP contribution in [0.3, 0.4) is 0 Å². The van der Waals surface area contributed by atoms with E-state index in [0.29, 0.717) is 18.8 Å². The molecule has 1 amide bonds. The molecule has 28 heavy (non-hydrogen) atoms. The van der Waals surface area contributed by atoms with Crippen molar-refractivity contribution in [2.24, 2.45) is 0 Å². The van der Waals surface area contributed by atoms with Crippen molar-refractivity contribution < 1.29 is 19.0 Å². The molecule has 2 aliphatic rings. The molecular formula is C21H24N2O4S. The second kappa shape index (κ2) is 6.81. The maximum atomic E-state index is 12.3. The highest BCUT2D eigenvalue weighted by atomic mass is 32.1. The van der Waals surface area contributed by atoms with Gasteiger partial charge >= 0.3 is 6.09 Å². The van der Waals surface area contributed by atoms with Crippen LogP contribution in [0.4, 0.5) is 4.79 Å². The predicted octanol–water partition coefficient (Wildman–Crippen LogP) is 4.81. The van der Waals surface area contributed by atoms with E-state index in [9.17, 15) is 4.79 Å². The van der Waals surface area contributed by atoms with Gasteiger partial charge in [0, 0.05) is 31.0 Å². The first kappa shape index (κ1) is 18.8. The highest BCUT2D eigenvalue weighted by Crippen LogP contribution is 2.48. The average molecular weight is 401 g/mol. The fourth-order valence-electron chi connectivity index (χ4n) is 3.33. The molecule has 1 atom stereocenters. The van der Waals surface area contributed by atoms with Crippen molar-refractivity contribution in [1.82, 2.24) is 9.88 Å². The molecule has 3 heterocycles. The number of hydrogen-bond acceptors (Lipinski definition) is 6. The van der Waals surface area contributed by atoms with Gasteiger partial charge in [-0.2, -0.15) is 0 Å². The smallest absolute Gasteiger partial charge is 0.410 e. The van der Waals surface area contributed by atoms with Crippen LogP contribution >= 0.6 is 11.3 Å². The van der Waals surface area contributed by atoms with E-state index in [4.69, 9.17) is 14.2 Å². The van der Waals surface area contributed by atoms with Crippen LogP contribution in [0.25, 0.3) is 5.57 Å². The number of fused-ring (bicyclic) bond motifs is 1. The van der Waals surface area contributed by atoms with Crippen molar-refractivity contribution in [3.63, 3.8) is 0 Å². The molecule has 0 bridgehead atoms. The molecule has 2 aromatic rings. The van der Waals surface area contributed by atoms with Gasteiger partial charge in [0.15, 0.2) is 11.5 Å². The summed E-state index contributed by atoms with van der Waals surface area (Å²) in [7, 11) is 0. The van der Waals surface area contributed by atoms with Crippen molar-refractivity contribution in [2.75, 3.05) is 13.1 Å². The summed E-state index contributed by atoms with van der Waals surface area (Å²) in [6.07, 6.45) is 2.51. The van der Waals surface area contributed by atoms with E-state index in [1.807, 2.05) is 51.3 Å². The largest absolute Gasteiger partial charge is 0.444 e. The van der Waals surface area contributed by atoms with Crippen molar-refractivity contribution in [3.05, 3.63) is 46.4 Å². The lowest BCUT2D eigenvalue weighted by Gasteiger charge is -2.29. The third kappa shape index (κ3) is 3.58. The minimum absolute atomic E-state index is 0.281. The lowest BCUT2D eigenvalue weighted by Crippen LogP contribution is -2.39. The Labute approximate surface area is 168 Å². The maximum Gasteiger partial charge on any atom is 0.410 e. The Balaban J connectivity index is 1.54. The van der Waals surface area contributed by atoms with Crippen LogP contribution in [0.1, 0.15) is 45.4 Å². The first-order chi connectivity index (χ1) is 13.3. The highest BCUT2D eigenvalue weighted by molar-refractivity contribution is 7.07. The Kier molecular flexibility index (Phi) is 4.57. The molecule has 2 aliphatic heterocycles. The molecule has 1 aromatic carbocycles. The van der Waals surface area contributed by atoms with Gasteiger partial charge in [0.05, 0.1) is 5.51 Å². The Hall–Kier alpha value is -2.54. The maximum absolute atomic E-state index is 12.3. The van der Waals surface area contributed by atoms with Crippen LogP contribution in [-0.2, 0) is 10.5 Å². The fraction of sp³-hybridized carbons (Fsp3) is 0.429. The van der Waals surface area contributed by atoms with Crippen LogP contribution in [0.15, 0.2) is 35.2 Å². The molecule has 6 nitrogen and oxygen atoms in total. The van der Waals surface area contributed by atoms with Gasteiger partial charge < -0.3 is 19.1 Å². The zero-order chi connectivity index (χ0) is 19.9. The summed E-state index contributed by atoms with van der Waals surface area (Å²) in [6, 6.07) is 5.90. The number of carbonyl (C=O) groups excluding carboxylic acids is 1. The molecule has 4 rings (SSSR count). The molecule has 148 valence electrons. The second-order valence-electron chi connectivity index (χ2n) is 8.06. The van der Waals surface area contributed by atoms with Gasteiger partial charge in [-0.3, -0.25) is 0 Å². The number of thiazole rings is 1.